The van der Waals surface area contributed by atoms with Crippen LogP contribution in [0.25, 0.3) is 0 Å². The quantitative estimate of drug-likeness (QED) is 0.656. The highest BCUT2D eigenvalue weighted by atomic mass is 16.6. The number of rotatable bonds is 4. The largest absolute Gasteiger partial charge is 0.367 e. The van der Waals surface area contributed by atoms with Gasteiger partial charge in [0.1, 0.15) is 12.0 Å². The maximum atomic E-state index is 10.5. The van der Waals surface area contributed by atoms with Crippen LogP contribution in [0.2, 0.25) is 0 Å². The number of pyridine rings is 1. The average molecular weight is 249 g/mol. The SMILES string of the molecule is CCC1CCCC(Nc2ccc([N+](=O)[O-])cn2)C1. The number of aromatic nitrogens is 1. The molecule has 5 heteroatoms. The van der Waals surface area contributed by atoms with E-state index in [9.17, 15) is 10.1 Å². The maximum absolute atomic E-state index is 10.5. The lowest BCUT2D eigenvalue weighted by atomic mass is 9.84. The van der Waals surface area contributed by atoms with Crippen molar-refractivity contribution in [1.29, 1.82) is 0 Å². The molecule has 0 bridgehead atoms. The third kappa shape index (κ3) is 3.18. The van der Waals surface area contributed by atoms with Gasteiger partial charge in [0, 0.05) is 12.1 Å². The lowest BCUT2D eigenvalue weighted by molar-refractivity contribution is -0.385. The lowest BCUT2D eigenvalue weighted by Gasteiger charge is -2.29. The molecule has 2 unspecified atom stereocenters. The molecule has 2 rings (SSSR count). The van der Waals surface area contributed by atoms with Crippen molar-refractivity contribution in [2.24, 2.45) is 5.92 Å². The summed E-state index contributed by atoms with van der Waals surface area (Å²) in [5.74, 6) is 1.54. The summed E-state index contributed by atoms with van der Waals surface area (Å²) in [5.41, 5.74) is 0.0376. The van der Waals surface area contributed by atoms with Crippen molar-refractivity contribution in [3.8, 4) is 0 Å². The Morgan fingerprint density at radius 2 is 2.33 bits per heavy atom. The highest BCUT2D eigenvalue weighted by Crippen LogP contribution is 2.28. The summed E-state index contributed by atoms with van der Waals surface area (Å²) in [6.45, 7) is 2.23. The van der Waals surface area contributed by atoms with E-state index < -0.39 is 4.92 Å². The molecule has 0 amide bonds. The zero-order valence-corrected chi connectivity index (χ0v) is 10.6. The van der Waals surface area contributed by atoms with Crippen LogP contribution >= 0.6 is 0 Å². The Balaban J connectivity index is 1.94. The Morgan fingerprint density at radius 1 is 1.50 bits per heavy atom. The number of nitrogens with zero attached hydrogens (tertiary/aromatic N) is 2. The van der Waals surface area contributed by atoms with Gasteiger partial charge in [0.2, 0.25) is 0 Å². The summed E-state index contributed by atoms with van der Waals surface area (Å²) in [6, 6.07) is 3.64. The monoisotopic (exact) mass is 249 g/mol. The molecule has 1 aliphatic carbocycles. The van der Waals surface area contributed by atoms with Gasteiger partial charge in [-0.25, -0.2) is 4.98 Å². The van der Waals surface area contributed by atoms with E-state index in [1.165, 1.54) is 37.9 Å². The molecule has 1 fully saturated rings. The molecule has 2 atom stereocenters. The molecule has 1 saturated carbocycles. The van der Waals surface area contributed by atoms with Gasteiger partial charge in [-0.2, -0.15) is 0 Å². The number of nitrogens with one attached hydrogen (secondary N) is 1. The second-order valence-corrected chi connectivity index (χ2v) is 4.94. The van der Waals surface area contributed by atoms with Gasteiger partial charge < -0.3 is 5.32 Å². The Labute approximate surface area is 107 Å². The predicted molar refractivity (Wildman–Crippen MR) is 70.6 cm³/mol. The number of anilines is 1. The van der Waals surface area contributed by atoms with Gasteiger partial charge in [-0.3, -0.25) is 10.1 Å². The van der Waals surface area contributed by atoms with Crippen LogP contribution in [0.5, 0.6) is 0 Å². The second-order valence-electron chi connectivity index (χ2n) is 4.94. The van der Waals surface area contributed by atoms with Crippen LogP contribution in [0.4, 0.5) is 11.5 Å². The third-order valence-corrected chi connectivity index (χ3v) is 3.67. The molecule has 0 saturated heterocycles. The first-order valence-electron chi connectivity index (χ1n) is 6.56. The first kappa shape index (κ1) is 12.8. The van der Waals surface area contributed by atoms with Crippen molar-refractivity contribution in [2.75, 3.05) is 5.32 Å². The maximum Gasteiger partial charge on any atom is 0.287 e. The zero-order chi connectivity index (χ0) is 13.0. The Morgan fingerprint density at radius 3 is 2.94 bits per heavy atom. The van der Waals surface area contributed by atoms with E-state index in [1.54, 1.807) is 6.07 Å². The van der Waals surface area contributed by atoms with Crippen molar-refractivity contribution in [3.05, 3.63) is 28.4 Å². The summed E-state index contributed by atoms with van der Waals surface area (Å²) < 4.78 is 0. The van der Waals surface area contributed by atoms with E-state index >= 15 is 0 Å². The third-order valence-electron chi connectivity index (χ3n) is 3.67. The Hall–Kier alpha value is -1.65. The normalized spacial score (nSPS) is 23.6. The molecule has 0 aliphatic heterocycles. The van der Waals surface area contributed by atoms with E-state index in [1.807, 2.05) is 0 Å². The van der Waals surface area contributed by atoms with Crippen LogP contribution in [-0.2, 0) is 0 Å². The first-order chi connectivity index (χ1) is 8.69. The molecule has 1 aromatic rings. The van der Waals surface area contributed by atoms with Gasteiger partial charge in [0.25, 0.3) is 5.69 Å². The Kier molecular flexibility index (Phi) is 4.12. The van der Waals surface area contributed by atoms with E-state index in [4.69, 9.17) is 0 Å². The van der Waals surface area contributed by atoms with Crippen LogP contribution in [0, 0.1) is 16.0 Å². The zero-order valence-electron chi connectivity index (χ0n) is 10.6. The molecule has 1 N–H and O–H groups in total. The molecule has 98 valence electrons. The van der Waals surface area contributed by atoms with E-state index in [0.29, 0.717) is 6.04 Å². The topological polar surface area (TPSA) is 68.1 Å². The highest BCUT2D eigenvalue weighted by molar-refractivity contribution is 5.40. The van der Waals surface area contributed by atoms with Crippen LogP contribution < -0.4 is 5.32 Å². The minimum Gasteiger partial charge on any atom is -0.367 e. The number of nitro groups is 1. The first-order valence-corrected chi connectivity index (χ1v) is 6.56. The molecule has 18 heavy (non-hydrogen) atoms. The molecular weight excluding hydrogens is 230 g/mol. The van der Waals surface area contributed by atoms with Crippen molar-refractivity contribution in [1.82, 2.24) is 4.98 Å². The summed E-state index contributed by atoms with van der Waals surface area (Å²) in [5, 5.41) is 13.9. The average Bonchev–Trinajstić information content (AvgIpc) is 2.39. The summed E-state index contributed by atoms with van der Waals surface area (Å²) >= 11 is 0. The van der Waals surface area contributed by atoms with Crippen molar-refractivity contribution in [3.63, 3.8) is 0 Å². The fourth-order valence-electron chi connectivity index (χ4n) is 2.58. The van der Waals surface area contributed by atoms with Crippen LogP contribution in [0.3, 0.4) is 0 Å². The van der Waals surface area contributed by atoms with Gasteiger partial charge in [0.05, 0.1) is 4.92 Å². The fourth-order valence-corrected chi connectivity index (χ4v) is 2.58. The van der Waals surface area contributed by atoms with Gasteiger partial charge >= 0.3 is 0 Å². The molecule has 5 nitrogen and oxygen atoms in total. The minimum absolute atomic E-state index is 0.0376. The molecule has 1 aliphatic rings. The summed E-state index contributed by atoms with van der Waals surface area (Å²) in [4.78, 5) is 14.2. The van der Waals surface area contributed by atoms with Gasteiger partial charge in [-0.15, -0.1) is 0 Å². The number of hydrogen-bond donors (Lipinski definition) is 1. The molecule has 1 aromatic heterocycles. The molecule has 0 aromatic carbocycles. The smallest absolute Gasteiger partial charge is 0.287 e. The van der Waals surface area contributed by atoms with Crippen molar-refractivity contribution >= 4 is 11.5 Å². The van der Waals surface area contributed by atoms with Gasteiger partial charge in [-0.1, -0.05) is 26.2 Å². The molecule has 0 radical (unpaired) electrons. The predicted octanol–water partition coefficient (Wildman–Crippen LogP) is 3.37. The minimum atomic E-state index is -0.426. The standard InChI is InChI=1S/C13H19N3O2/c1-2-10-4-3-5-11(8-10)15-13-7-6-12(9-14-13)16(17)18/h6-7,9-11H,2-5,8H2,1H3,(H,14,15). The molecule has 0 spiro atoms. The second kappa shape index (κ2) is 5.80. The van der Waals surface area contributed by atoms with Crippen LogP contribution in [0.15, 0.2) is 18.3 Å². The highest BCUT2D eigenvalue weighted by Gasteiger charge is 2.20. The van der Waals surface area contributed by atoms with Gasteiger partial charge in [0.15, 0.2) is 0 Å². The lowest BCUT2D eigenvalue weighted by Crippen LogP contribution is -2.27. The van der Waals surface area contributed by atoms with Crippen molar-refractivity contribution in [2.45, 2.75) is 45.1 Å². The number of hydrogen-bond acceptors (Lipinski definition) is 4. The molecular formula is C13H19N3O2. The van der Waals surface area contributed by atoms with E-state index in [-0.39, 0.29) is 5.69 Å². The van der Waals surface area contributed by atoms with Crippen LogP contribution in [0.1, 0.15) is 39.0 Å². The van der Waals surface area contributed by atoms with Crippen molar-refractivity contribution < 1.29 is 4.92 Å². The molecule has 1 heterocycles. The summed E-state index contributed by atoms with van der Waals surface area (Å²) in [7, 11) is 0. The van der Waals surface area contributed by atoms with Crippen LogP contribution in [-0.4, -0.2) is 15.9 Å². The summed E-state index contributed by atoms with van der Waals surface area (Å²) in [6.07, 6.45) is 7.45. The van der Waals surface area contributed by atoms with E-state index in [0.717, 1.165) is 18.2 Å². The van der Waals surface area contributed by atoms with E-state index in [2.05, 4.69) is 17.2 Å². The van der Waals surface area contributed by atoms with Gasteiger partial charge in [-0.05, 0) is 24.8 Å². The Bertz CT molecular complexity index is 405. The fraction of sp³-hybridized carbons (Fsp3) is 0.615.